The highest BCUT2D eigenvalue weighted by atomic mass is 31.2. The predicted octanol–water partition coefficient (Wildman–Crippen LogP) is 12.3. The number of allylic oxidation sites excluding steroid dienone is 14. The van der Waals surface area contributed by atoms with Gasteiger partial charge in [0.05, 0.1) is 33.9 Å². The summed E-state index contributed by atoms with van der Waals surface area (Å²) in [7, 11) is 1.36. The van der Waals surface area contributed by atoms with Crippen LogP contribution in [0.5, 0.6) is 0 Å². The maximum atomic E-state index is 12.7. The van der Waals surface area contributed by atoms with E-state index in [1.54, 1.807) is 12.2 Å². The number of esters is 2. The van der Waals surface area contributed by atoms with Crippen LogP contribution in [0, 0.1) is 0 Å². The van der Waals surface area contributed by atoms with E-state index in [0.29, 0.717) is 30.3 Å². The molecule has 2 unspecified atom stereocenters. The standard InChI is InChI=1S/C50H84NO9P/c1-6-8-10-12-14-16-18-20-21-22-23-25-27-29-31-33-37-42-50(54)60-48(46-59-61(55,56)58-44-43-51(3,4)5)45-57-49(53)41-38-34-36-40-47(52)39-35-32-30-28-26-24-19-17-15-13-11-9-7-2/h9,11,14-17,20-21,24,26,30,32,34-36,39,47-48,52H,6-8,10,12-13,18-19,22-23,25,27-29,31,33,37-38,40-46H2,1-5H3/p+1/b11-9-,16-14-,17-15-,21-20-,26-24-,32-30-,36-34-,39-35-/t47?,48-/m1/s1. The van der Waals surface area contributed by atoms with Gasteiger partial charge in [-0.3, -0.25) is 18.6 Å². The molecule has 0 bridgehead atoms. The van der Waals surface area contributed by atoms with Crippen LogP contribution in [0.25, 0.3) is 0 Å². The summed E-state index contributed by atoms with van der Waals surface area (Å²) in [4.78, 5) is 35.4. The number of carbonyl (C=O) groups excluding carboxylic acids is 2. The number of carbonyl (C=O) groups is 2. The average molecular weight is 875 g/mol. The number of aliphatic hydroxyl groups is 1. The van der Waals surface area contributed by atoms with Crippen LogP contribution < -0.4 is 0 Å². The molecule has 0 aromatic heterocycles. The monoisotopic (exact) mass is 875 g/mol. The first-order valence-electron chi connectivity index (χ1n) is 23.1. The zero-order valence-electron chi connectivity index (χ0n) is 38.7. The zero-order chi connectivity index (χ0) is 45.1. The van der Waals surface area contributed by atoms with Gasteiger partial charge in [-0.25, -0.2) is 4.57 Å². The van der Waals surface area contributed by atoms with Crippen molar-refractivity contribution in [1.29, 1.82) is 0 Å². The lowest BCUT2D eigenvalue weighted by molar-refractivity contribution is -0.870. The summed E-state index contributed by atoms with van der Waals surface area (Å²) in [5.74, 6) is -0.998. The molecule has 11 heteroatoms. The molecule has 0 spiro atoms. The van der Waals surface area contributed by atoms with Gasteiger partial charge in [-0.15, -0.1) is 0 Å². The minimum atomic E-state index is -4.43. The van der Waals surface area contributed by atoms with Gasteiger partial charge in [-0.1, -0.05) is 156 Å². The maximum Gasteiger partial charge on any atom is 0.472 e. The lowest BCUT2D eigenvalue weighted by Gasteiger charge is -2.24. The Balaban J connectivity index is 4.57. The first-order valence-corrected chi connectivity index (χ1v) is 24.6. The minimum absolute atomic E-state index is 0.00296. The van der Waals surface area contributed by atoms with Crippen LogP contribution in [0.2, 0.25) is 0 Å². The van der Waals surface area contributed by atoms with Gasteiger partial charge in [0, 0.05) is 12.8 Å². The van der Waals surface area contributed by atoms with Crippen molar-refractivity contribution < 1.29 is 47.2 Å². The van der Waals surface area contributed by atoms with Gasteiger partial charge in [0.1, 0.15) is 19.8 Å². The molecular formula is C50H85NO9P+. The molecule has 0 saturated carbocycles. The molecule has 0 saturated heterocycles. The van der Waals surface area contributed by atoms with Crippen molar-refractivity contribution in [3.8, 4) is 0 Å². The number of aliphatic hydroxyl groups excluding tert-OH is 1. The number of phosphoric acid groups is 1. The van der Waals surface area contributed by atoms with Crippen molar-refractivity contribution in [2.24, 2.45) is 0 Å². The normalized spacial score (nSPS) is 14.9. The van der Waals surface area contributed by atoms with Gasteiger partial charge >= 0.3 is 19.8 Å². The van der Waals surface area contributed by atoms with Crippen LogP contribution in [0.1, 0.15) is 149 Å². The average Bonchev–Trinajstić information content (AvgIpc) is 3.21. The molecule has 0 radical (unpaired) electrons. The summed E-state index contributed by atoms with van der Waals surface area (Å²) in [6, 6.07) is 0. The first-order chi connectivity index (χ1) is 29.4. The van der Waals surface area contributed by atoms with E-state index in [-0.39, 0.29) is 26.1 Å². The van der Waals surface area contributed by atoms with Crippen LogP contribution >= 0.6 is 7.82 Å². The summed E-state index contributed by atoms with van der Waals surface area (Å²) in [5, 5.41) is 10.2. The van der Waals surface area contributed by atoms with Gasteiger partial charge in [-0.2, -0.15) is 0 Å². The second-order valence-corrected chi connectivity index (χ2v) is 17.7. The van der Waals surface area contributed by atoms with Gasteiger partial charge in [0.2, 0.25) is 0 Å². The third kappa shape index (κ3) is 44.7. The summed E-state index contributed by atoms with van der Waals surface area (Å²) in [6.45, 7) is 4.05. The Hall–Kier alpha value is -3.11. The number of nitrogens with zero attached hydrogens (tertiary/aromatic N) is 1. The molecule has 0 amide bonds. The van der Waals surface area contributed by atoms with Crippen molar-refractivity contribution in [3.63, 3.8) is 0 Å². The van der Waals surface area contributed by atoms with Crippen LogP contribution in [0.15, 0.2) is 97.2 Å². The van der Waals surface area contributed by atoms with Gasteiger partial charge in [0.15, 0.2) is 6.10 Å². The number of likely N-dealkylation sites (N-methyl/N-ethyl adjacent to an activating group) is 1. The highest BCUT2D eigenvalue weighted by molar-refractivity contribution is 7.47. The molecule has 0 rings (SSSR count). The Morgan fingerprint density at radius 3 is 1.79 bits per heavy atom. The van der Waals surface area contributed by atoms with Crippen LogP contribution in [-0.2, 0) is 32.7 Å². The zero-order valence-corrected chi connectivity index (χ0v) is 39.6. The fraction of sp³-hybridized carbons (Fsp3) is 0.640. The molecule has 3 atom stereocenters. The Morgan fingerprint density at radius 2 is 1.16 bits per heavy atom. The molecule has 0 aliphatic rings. The molecular weight excluding hydrogens is 790 g/mol. The topological polar surface area (TPSA) is 129 Å². The Labute approximate surface area is 371 Å². The Morgan fingerprint density at radius 1 is 0.607 bits per heavy atom. The molecule has 0 aromatic carbocycles. The first kappa shape index (κ1) is 57.9. The number of rotatable bonds is 40. The largest absolute Gasteiger partial charge is 0.472 e. The van der Waals surface area contributed by atoms with E-state index in [9.17, 15) is 24.2 Å². The van der Waals surface area contributed by atoms with Gasteiger partial charge in [-0.05, 0) is 77.0 Å². The highest BCUT2D eigenvalue weighted by Crippen LogP contribution is 2.43. The minimum Gasteiger partial charge on any atom is -0.462 e. The molecule has 0 aliphatic carbocycles. The summed E-state index contributed by atoms with van der Waals surface area (Å²) >= 11 is 0. The highest BCUT2D eigenvalue weighted by Gasteiger charge is 2.27. The van der Waals surface area contributed by atoms with Crippen molar-refractivity contribution >= 4 is 19.8 Å². The molecule has 10 nitrogen and oxygen atoms in total. The molecule has 0 aromatic rings. The van der Waals surface area contributed by atoms with E-state index in [0.717, 1.165) is 57.8 Å². The Bertz CT molecular complexity index is 1370. The maximum absolute atomic E-state index is 12.7. The van der Waals surface area contributed by atoms with Crippen LogP contribution in [0.4, 0.5) is 0 Å². The van der Waals surface area contributed by atoms with Crippen molar-refractivity contribution in [2.75, 3.05) is 47.5 Å². The van der Waals surface area contributed by atoms with E-state index >= 15 is 0 Å². The Kier molecular flexibility index (Phi) is 38.8. The van der Waals surface area contributed by atoms with Gasteiger partial charge in [0.25, 0.3) is 0 Å². The molecule has 0 aliphatic heterocycles. The SMILES string of the molecule is CC/C=C\C/C=C\C/C=C\C/C=C\C=C/C(O)C/C=C\CCC(=O)OC[C@H](COP(=O)(O)OCC[N+](C)(C)C)OC(=O)CCCCCCCCC/C=C\C/C=C\CCCCC. The second kappa shape index (κ2) is 40.9. The van der Waals surface area contributed by atoms with Crippen molar-refractivity contribution in [2.45, 2.75) is 161 Å². The summed E-state index contributed by atoms with van der Waals surface area (Å²) in [5.41, 5.74) is 0. The van der Waals surface area contributed by atoms with E-state index in [2.05, 4.69) is 74.6 Å². The van der Waals surface area contributed by atoms with E-state index in [1.165, 1.54) is 44.9 Å². The fourth-order valence-corrected chi connectivity index (χ4v) is 6.31. The summed E-state index contributed by atoms with van der Waals surface area (Å²) in [6.07, 6.45) is 50.6. The molecule has 348 valence electrons. The predicted molar refractivity (Wildman–Crippen MR) is 253 cm³/mol. The second-order valence-electron chi connectivity index (χ2n) is 16.2. The lowest BCUT2D eigenvalue weighted by Crippen LogP contribution is -2.37. The molecule has 0 fully saturated rings. The number of quaternary nitrogens is 1. The van der Waals surface area contributed by atoms with Crippen LogP contribution in [0.3, 0.4) is 0 Å². The lowest BCUT2D eigenvalue weighted by atomic mass is 10.1. The summed E-state index contributed by atoms with van der Waals surface area (Å²) < 4.78 is 34.2. The third-order valence-corrected chi connectivity index (χ3v) is 10.2. The van der Waals surface area contributed by atoms with Crippen LogP contribution in [-0.4, -0.2) is 86.1 Å². The quantitative estimate of drug-likeness (QED) is 0.0154. The third-order valence-electron chi connectivity index (χ3n) is 9.19. The molecule has 2 N–H and O–H groups in total. The molecule has 61 heavy (non-hydrogen) atoms. The van der Waals surface area contributed by atoms with Crippen molar-refractivity contribution in [3.05, 3.63) is 97.2 Å². The number of ether oxygens (including phenoxy) is 2. The fourth-order valence-electron chi connectivity index (χ4n) is 5.56. The number of unbranched alkanes of at least 4 members (excludes halogenated alkanes) is 10. The smallest absolute Gasteiger partial charge is 0.462 e. The van der Waals surface area contributed by atoms with E-state index in [4.69, 9.17) is 18.5 Å². The number of hydrogen-bond donors (Lipinski definition) is 2. The van der Waals surface area contributed by atoms with Gasteiger partial charge < -0.3 is 24.0 Å². The number of phosphoric ester groups is 1. The molecule has 0 heterocycles. The number of hydrogen-bond acceptors (Lipinski definition) is 8. The van der Waals surface area contributed by atoms with E-state index < -0.39 is 38.6 Å². The van der Waals surface area contributed by atoms with Crippen molar-refractivity contribution in [1.82, 2.24) is 0 Å². The van der Waals surface area contributed by atoms with E-state index in [1.807, 2.05) is 45.4 Å².